The van der Waals surface area contributed by atoms with Gasteiger partial charge in [-0.1, -0.05) is 101 Å². The van der Waals surface area contributed by atoms with Gasteiger partial charge in [0, 0.05) is 18.4 Å². The van der Waals surface area contributed by atoms with Crippen LogP contribution < -0.4 is 0 Å². The number of fused-ring (bicyclic) bond motifs is 3. The zero-order valence-corrected chi connectivity index (χ0v) is 25.7. The van der Waals surface area contributed by atoms with E-state index in [2.05, 4.69) is 0 Å². The van der Waals surface area contributed by atoms with Gasteiger partial charge in [0.1, 0.15) is 12.1 Å². The molecular weight excluding hydrogens is 593 g/mol. The molecule has 6 nitrogen and oxygen atoms in total. The third-order valence-electron chi connectivity index (χ3n) is 8.52. The van der Waals surface area contributed by atoms with E-state index in [1.807, 2.05) is 110 Å². The second-order valence-electron chi connectivity index (χ2n) is 11.5. The molecule has 1 aromatic heterocycles. The molecule has 2 heterocycles. The van der Waals surface area contributed by atoms with Crippen molar-refractivity contribution in [1.29, 1.82) is 0 Å². The number of amides is 2. The van der Waals surface area contributed by atoms with E-state index in [1.165, 1.54) is 4.90 Å². The van der Waals surface area contributed by atoms with Crippen LogP contribution in [0.1, 0.15) is 45.5 Å². The van der Waals surface area contributed by atoms with Gasteiger partial charge in [0.05, 0.1) is 33.0 Å². The summed E-state index contributed by atoms with van der Waals surface area (Å²) in [5.41, 5.74) is 8.25. The van der Waals surface area contributed by atoms with E-state index in [0.717, 1.165) is 44.8 Å². The molecular formula is C36H29Cl2N3O3. The van der Waals surface area contributed by atoms with E-state index < -0.39 is 18.1 Å². The highest BCUT2D eigenvalue weighted by atomic mass is 35.5. The maximum Gasteiger partial charge on any atom is 0.417 e. The Balaban J connectivity index is 1.31. The number of carbonyl (C=O) groups is 2. The minimum atomic E-state index is -0.669. The summed E-state index contributed by atoms with van der Waals surface area (Å²) in [6, 6.07) is 30.9. The van der Waals surface area contributed by atoms with Crippen LogP contribution in [0, 0.1) is 13.8 Å². The lowest BCUT2D eigenvalue weighted by molar-refractivity contribution is -0.131. The van der Waals surface area contributed by atoms with Crippen LogP contribution >= 0.6 is 23.2 Å². The highest BCUT2D eigenvalue weighted by molar-refractivity contribution is 6.42. The highest BCUT2D eigenvalue weighted by Gasteiger charge is 2.51. The van der Waals surface area contributed by atoms with E-state index >= 15 is 0 Å². The van der Waals surface area contributed by atoms with E-state index in [-0.39, 0.29) is 18.4 Å². The molecule has 5 aromatic rings. The Morgan fingerprint density at radius 2 is 1.70 bits per heavy atom. The first-order valence-corrected chi connectivity index (χ1v) is 15.3. The highest BCUT2D eigenvalue weighted by Crippen LogP contribution is 2.44. The summed E-state index contributed by atoms with van der Waals surface area (Å²) in [4.78, 5) is 29.1. The molecule has 1 saturated heterocycles. The smallest absolute Gasteiger partial charge is 0.417 e. The lowest BCUT2D eigenvalue weighted by Gasteiger charge is -2.25. The normalized spacial score (nSPS) is 17.7. The Kier molecular flexibility index (Phi) is 7.27. The number of nitrogens with zero attached hydrogens (tertiary/aromatic N) is 3. The topological polar surface area (TPSA) is 64.4 Å². The number of imide groups is 1. The molecule has 220 valence electrons. The van der Waals surface area contributed by atoms with Crippen LogP contribution in [-0.4, -0.2) is 32.8 Å². The Labute approximate surface area is 265 Å². The average Bonchev–Trinajstić information content (AvgIpc) is 3.68. The molecule has 2 amide bonds. The summed E-state index contributed by atoms with van der Waals surface area (Å²) in [7, 11) is 0. The van der Waals surface area contributed by atoms with E-state index in [0.29, 0.717) is 22.2 Å². The predicted molar refractivity (Wildman–Crippen MR) is 171 cm³/mol. The summed E-state index contributed by atoms with van der Waals surface area (Å²) >= 11 is 12.7. The minimum absolute atomic E-state index is 0.276. The molecule has 0 saturated carbocycles. The summed E-state index contributed by atoms with van der Waals surface area (Å²) < 4.78 is 7.61. The Morgan fingerprint density at radius 1 is 0.909 bits per heavy atom. The SMILES string of the molecule is Cc1ccc(-n2nc(C[C@H](C(=O)N3C(=O)O[C@@H]4Cc5ccccc5[C@@H]43)c3cccc(C)c3)cc2-c2ccc(Cl)c(Cl)c2)cc1. The minimum Gasteiger partial charge on any atom is -0.443 e. The zero-order valence-electron chi connectivity index (χ0n) is 24.2. The molecule has 1 aliphatic heterocycles. The molecule has 0 spiro atoms. The van der Waals surface area contributed by atoms with Crippen molar-refractivity contribution in [2.75, 3.05) is 0 Å². The van der Waals surface area contributed by atoms with Crippen LogP contribution in [0.25, 0.3) is 16.9 Å². The lowest BCUT2D eigenvalue weighted by atomic mass is 9.90. The summed E-state index contributed by atoms with van der Waals surface area (Å²) in [6.45, 7) is 4.03. The summed E-state index contributed by atoms with van der Waals surface area (Å²) in [5, 5.41) is 5.91. The van der Waals surface area contributed by atoms with Crippen molar-refractivity contribution in [2.24, 2.45) is 0 Å². The van der Waals surface area contributed by atoms with E-state index in [1.54, 1.807) is 6.07 Å². The molecule has 0 bridgehead atoms. The zero-order chi connectivity index (χ0) is 30.5. The molecule has 4 aromatic carbocycles. The number of benzene rings is 4. The Morgan fingerprint density at radius 3 is 2.48 bits per heavy atom. The van der Waals surface area contributed by atoms with Crippen molar-refractivity contribution < 1.29 is 14.3 Å². The van der Waals surface area contributed by atoms with Crippen molar-refractivity contribution in [3.63, 3.8) is 0 Å². The molecule has 1 aliphatic carbocycles. The van der Waals surface area contributed by atoms with Gasteiger partial charge >= 0.3 is 6.09 Å². The quantitative estimate of drug-likeness (QED) is 0.191. The largest absolute Gasteiger partial charge is 0.443 e. The van der Waals surface area contributed by atoms with Gasteiger partial charge in [0.15, 0.2) is 0 Å². The Hall–Kier alpha value is -4.39. The van der Waals surface area contributed by atoms with E-state index in [9.17, 15) is 9.59 Å². The first-order chi connectivity index (χ1) is 21.3. The molecule has 2 aliphatic rings. The second kappa shape index (κ2) is 11.3. The summed E-state index contributed by atoms with van der Waals surface area (Å²) in [5.74, 6) is -0.970. The third kappa shape index (κ3) is 5.08. The van der Waals surface area contributed by atoms with Crippen LogP contribution in [0.2, 0.25) is 10.0 Å². The van der Waals surface area contributed by atoms with Gasteiger partial charge in [0.2, 0.25) is 5.91 Å². The van der Waals surface area contributed by atoms with Crippen LogP contribution in [0.15, 0.2) is 97.1 Å². The van der Waals surface area contributed by atoms with Gasteiger partial charge in [-0.05, 0) is 60.9 Å². The molecule has 0 radical (unpaired) electrons. The molecule has 7 rings (SSSR count). The predicted octanol–water partition coefficient (Wildman–Crippen LogP) is 8.43. The van der Waals surface area contributed by atoms with Crippen molar-refractivity contribution in [3.05, 3.63) is 141 Å². The number of rotatable bonds is 6. The number of halogens is 2. The fourth-order valence-electron chi connectivity index (χ4n) is 6.36. The van der Waals surface area contributed by atoms with Gasteiger partial charge in [-0.2, -0.15) is 5.10 Å². The first kappa shape index (κ1) is 28.4. The first-order valence-electron chi connectivity index (χ1n) is 14.6. The van der Waals surface area contributed by atoms with E-state index in [4.69, 9.17) is 33.0 Å². The number of aromatic nitrogens is 2. The fourth-order valence-corrected chi connectivity index (χ4v) is 6.66. The second-order valence-corrected chi connectivity index (χ2v) is 12.4. The molecule has 0 N–H and O–H groups in total. The molecule has 8 heteroatoms. The van der Waals surface area contributed by atoms with Gasteiger partial charge in [-0.15, -0.1) is 0 Å². The van der Waals surface area contributed by atoms with Crippen molar-refractivity contribution in [3.8, 4) is 16.9 Å². The monoisotopic (exact) mass is 621 g/mol. The Bertz CT molecular complexity index is 1920. The van der Waals surface area contributed by atoms with Gasteiger partial charge in [-0.25, -0.2) is 14.4 Å². The van der Waals surface area contributed by atoms with Crippen LogP contribution in [0.5, 0.6) is 0 Å². The third-order valence-corrected chi connectivity index (χ3v) is 9.26. The summed E-state index contributed by atoms with van der Waals surface area (Å²) in [6.07, 6.45) is -0.111. The number of carbonyl (C=O) groups excluding carboxylic acids is 2. The van der Waals surface area contributed by atoms with Gasteiger partial charge in [0.25, 0.3) is 0 Å². The number of ether oxygens (including phenoxy) is 1. The maximum atomic E-state index is 14.5. The fraction of sp³-hybridized carbons (Fsp3) is 0.194. The van der Waals surface area contributed by atoms with Crippen LogP contribution in [-0.2, 0) is 22.4 Å². The van der Waals surface area contributed by atoms with Gasteiger partial charge in [-0.3, -0.25) is 4.79 Å². The molecule has 3 atom stereocenters. The van der Waals surface area contributed by atoms with Gasteiger partial charge < -0.3 is 4.74 Å². The van der Waals surface area contributed by atoms with Crippen LogP contribution in [0.3, 0.4) is 0 Å². The number of hydrogen-bond donors (Lipinski definition) is 0. The number of aryl methyl sites for hydroxylation is 2. The number of hydrogen-bond acceptors (Lipinski definition) is 4. The van der Waals surface area contributed by atoms with Crippen molar-refractivity contribution >= 4 is 35.2 Å². The van der Waals surface area contributed by atoms with Crippen molar-refractivity contribution in [1.82, 2.24) is 14.7 Å². The van der Waals surface area contributed by atoms with Crippen LogP contribution in [0.4, 0.5) is 4.79 Å². The maximum absolute atomic E-state index is 14.5. The standard InChI is InChI=1S/C36H29Cl2N3O3/c1-21-10-13-27(14-11-21)41-32(25-12-15-30(37)31(38)17-25)20-26(39-41)19-29(23-8-5-6-22(2)16-23)35(42)40-34-28-9-4-3-7-24(28)18-33(34)44-36(40)43/h3-17,20,29,33-34H,18-19H2,1-2H3/t29-,33+,34-/m0/s1. The molecule has 1 fully saturated rings. The molecule has 0 unspecified atom stereocenters. The molecule has 44 heavy (non-hydrogen) atoms. The lowest BCUT2D eigenvalue weighted by Crippen LogP contribution is -2.38. The average molecular weight is 623 g/mol. The van der Waals surface area contributed by atoms with Crippen molar-refractivity contribution in [2.45, 2.75) is 44.8 Å².